The minimum Gasteiger partial charge on any atom is -0.0287 e. The van der Waals surface area contributed by atoms with Crippen molar-refractivity contribution >= 4 is 15.8 Å². The zero-order chi connectivity index (χ0) is 20.3. The van der Waals surface area contributed by atoms with Crippen LogP contribution in [0.2, 0.25) is 0 Å². The van der Waals surface area contributed by atoms with Crippen LogP contribution in [0.15, 0.2) is 0 Å². The fourth-order valence-corrected chi connectivity index (χ4v) is 17.1. The molecular weight excluding hydrogens is 433 g/mol. The third-order valence-corrected chi connectivity index (χ3v) is 13.2. The Balaban J connectivity index is -0.000000372. The summed E-state index contributed by atoms with van der Waals surface area (Å²) in [5, 5.41) is 2.10. The van der Waals surface area contributed by atoms with E-state index in [0.29, 0.717) is 20.6 Å². The van der Waals surface area contributed by atoms with E-state index in [1.54, 1.807) is 0 Å². The molecule has 158 valence electrons. The zero-order valence-corrected chi connectivity index (χ0v) is 24.0. The van der Waals surface area contributed by atoms with E-state index in [1.165, 1.54) is 0 Å². The van der Waals surface area contributed by atoms with E-state index in [1.807, 2.05) is 0 Å². The molecule has 0 aromatic rings. The smallest absolute Gasteiger partial charge is 0.0287 e. The van der Waals surface area contributed by atoms with Gasteiger partial charge in [0.1, 0.15) is 0 Å². The molecule has 0 rings (SSSR count). The van der Waals surface area contributed by atoms with Crippen molar-refractivity contribution in [2.75, 3.05) is 0 Å². The third kappa shape index (κ3) is 12.6. The summed E-state index contributed by atoms with van der Waals surface area (Å²) in [5.41, 5.74) is 1.74. The zero-order valence-electron chi connectivity index (χ0n) is 20.5. The first-order valence-corrected chi connectivity index (χ1v) is 13.0. The minimum atomic E-state index is -0.293. The molecule has 0 N–H and O–H groups in total. The van der Waals surface area contributed by atoms with Crippen LogP contribution in [0, 0.1) is 0 Å². The Hall–Kier alpha value is 1.52. The van der Waals surface area contributed by atoms with Crippen LogP contribution < -0.4 is 0 Å². The Bertz CT molecular complexity index is 282. The maximum Gasteiger partial charge on any atom is 0.0700 e. The van der Waals surface area contributed by atoms with Gasteiger partial charge in [-0.2, -0.15) is 0 Å². The van der Waals surface area contributed by atoms with Crippen molar-refractivity contribution in [3.8, 4) is 0 Å². The molecule has 0 amide bonds. The van der Waals surface area contributed by atoms with Gasteiger partial charge >= 0.3 is 0 Å². The molecule has 0 fully saturated rings. The molecule has 0 saturated heterocycles. The maximum absolute atomic E-state index is 2.40. The van der Waals surface area contributed by atoms with Crippen LogP contribution in [-0.4, -0.2) is 31.9 Å². The molecule has 0 aliphatic heterocycles. The van der Waals surface area contributed by atoms with Gasteiger partial charge in [-0.15, -0.1) is 0 Å². The summed E-state index contributed by atoms with van der Waals surface area (Å²) in [6.45, 7) is 38.3. The summed E-state index contributed by atoms with van der Waals surface area (Å²) in [7, 11) is -0.585. The predicted molar refractivity (Wildman–Crippen MR) is 126 cm³/mol. The van der Waals surface area contributed by atoms with Gasteiger partial charge in [0.25, 0.3) is 0 Å². The average molecular weight is 485 g/mol. The summed E-state index contributed by atoms with van der Waals surface area (Å²) in [6, 6.07) is 0. The van der Waals surface area contributed by atoms with E-state index < -0.39 is 0 Å². The second kappa shape index (κ2) is 10.9. The SMILES string of the molecule is CC(C)[PH+](C(C)(C)C)C(C)(C)C.CC(C)[PH+](C(C)(C)C)C(C)(C)C.[Pd]. The first kappa shape index (κ1) is 31.2. The van der Waals surface area contributed by atoms with Crippen LogP contribution in [0.4, 0.5) is 0 Å². The van der Waals surface area contributed by atoms with Crippen molar-refractivity contribution in [1.82, 2.24) is 0 Å². The summed E-state index contributed by atoms with van der Waals surface area (Å²) in [5.74, 6) is 0. The van der Waals surface area contributed by atoms with E-state index in [-0.39, 0.29) is 36.3 Å². The van der Waals surface area contributed by atoms with Crippen LogP contribution in [-0.2, 0) is 20.4 Å². The Labute approximate surface area is 178 Å². The van der Waals surface area contributed by atoms with E-state index in [9.17, 15) is 0 Å². The first-order valence-electron chi connectivity index (χ1n) is 9.89. The normalized spacial score (nSPS) is 13.9. The second-order valence-electron chi connectivity index (χ2n) is 12.1. The molecule has 0 aromatic carbocycles. The van der Waals surface area contributed by atoms with Gasteiger partial charge in [-0.1, -0.05) is 0 Å². The Morgan fingerprint density at radius 2 is 0.520 bits per heavy atom. The molecule has 0 nitrogen and oxygen atoms in total. The summed E-state index contributed by atoms with van der Waals surface area (Å²) in [4.78, 5) is 0. The number of hydrogen-bond donors (Lipinski definition) is 0. The summed E-state index contributed by atoms with van der Waals surface area (Å²) >= 11 is 0. The minimum absolute atomic E-state index is 0. The molecule has 0 atom stereocenters. The van der Waals surface area contributed by atoms with Crippen molar-refractivity contribution < 1.29 is 20.4 Å². The van der Waals surface area contributed by atoms with Gasteiger partial charge < -0.3 is 0 Å². The average Bonchev–Trinajstić information content (AvgIpc) is 2.03. The van der Waals surface area contributed by atoms with Crippen LogP contribution in [0.3, 0.4) is 0 Å². The van der Waals surface area contributed by atoms with Gasteiger partial charge in [0, 0.05) is 36.3 Å². The molecule has 0 heterocycles. The van der Waals surface area contributed by atoms with Crippen molar-refractivity contribution in [2.24, 2.45) is 0 Å². The van der Waals surface area contributed by atoms with Gasteiger partial charge in [-0.3, -0.25) is 0 Å². The Kier molecular flexibility index (Phi) is 13.6. The van der Waals surface area contributed by atoms with Crippen molar-refractivity contribution in [3.63, 3.8) is 0 Å². The molecule has 0 saturated carbocycles. The molecule has 0 radical (unpaired) electrons. The number of hydrogen-bond acceptors (Lipinski definition) is 0. The van der Waals surface area contributed by atoms with Crippen LogP contribution in [0.1, 0.15) is 111 Å². The molecule has 0 aliphatic carbocycles. The van der Waals surface area contributed by atoms with Gasteiger partial charge in [-0.25, -0.2) is 0 Å². The molecule has 0 bridgehead atoms. The number of rotatable bonds is 2. The predicted octanol–water partition coefficient (Wildman–Crippen LogP) is 8.41. The summed E-state index contributed by atoms with van der Waals surface area (Å²) in [6.07, 6.45) is 0. The van der Waals surface area contributed by atoms with E-state index in [2.05, 4.69) is 111 Å². The van der Waals surface area contributed by atoms with Gasteiger partial charge in [0.05, 0.1) is 31.9 Å². The van der Waals surface area contributed by atoms with Gasteiger partial charge in [-0.05, 0) is 111 Å². The molecule has 25 heavy (non-hydrogen) atoms. The monoisotopic (exact) mass is 484 g/mol. The molecule has 0 spiro atoms. The van der Waals surface area contributed by atoms with Crippen LogP contribution >= 0.6 is 15.8 Å². The first-order chi connectivity index (χ1) is 10.1. The molecule has 3 heteroatoms. The molecular formula is C22H52P2Pd+2. The second-order valence-corrected chi connectivity index (χ2v) is 22.1. The molecule has 0 aliphatic rings. The largest absolute Gasteiger partial charge is 0.0700 e. The molecule has 0 unspecified atom stereocenters. The van der Waals surface area contributed by atoms with Gasteiger partial charge in [0.2, 0.25) is 0 Å². The fraction of sp³-hybridized carbons (Fsp3) is 1.00. The summed E-state index contributed by atoms with van der Waals surface area (Å²) < 4.78 is 0. The van der Waals surface area contributed by atoms with E-state index in [0.717, 1.165) is 11.3 Å². The molecule has 0 aromatic heterocycles. The Morgan fingerprint density at radius 3 is 0.520 bits per heavy atom. The maximum atomic E-state index is 2.40. The van der Waals surface area contributed by atoms with E-state index in [4.69, 9.17) is 0 Å². The standard InChI is InChI=1S/2C11H25P.Pd/c2*1-9(2)12(10(3,4)5)11(6,7)8;/h2*9H,1-8H3;/p+2. The van der Waals surface area contributed by atoms with Crippen molar-refractivity contribution in [2.45, 2.75) is 143 Å². The van der Waals surface area contributed by atoms with Crippen LogP contribution in [0.5, 0.6) is 0 Å². The van der Waals surface area contributed by atoms with E-state index >= 15 is 0 Å². The fourth-order valence-electron chi connectivity index (χ4n) is 5.71. The Morgan fingerprint density at radius 1 is 0.400 bits per heavy atom. The van der Waals surface area contributed by atoms with Crippen LogP contribution in [0.25, 0.3) is 0 Å². The topological polar surface area (TPSA) is 0 Å². The quantitative estimate of drug-likeness (QED) is 0.272. The van der Waals surface area contributed by atoms with Crippen molar-refractivity contribution in [3.05, 3.63) is 0 Å². The van der Waals surface area contributed by atoms with Crippen molar-refractivity contribution in [1.29, 1.82) is 0 Å². The third-order valence-electron chi connectivity index (χ3n) is 4.39. The van der Waals surface area contributed by atoms with Gasteiger partial charge in [0.15, 0.2) is 0 Å².